The van der Waals surface area contributed by atoms with Crippen LogP contribution in [0.4, 0.5) is 0 Å². The van der Waals surface area contributed by atoms with E-state index in [2.05, 4.69) is 250 Å². The van der Waals surface area contributed by atoms with Crippen LogP contribution in [-0.2, 0) is 0 Å². The fourth-order valence-corrected chi connectivity index (χ4v) is 11.0. The number of aromatic nitrogens is 8. The summed E-state index contributed by atoms with van der Waals surface area (Å²) in [5, 5.41) is 13.8. The van der Waals surface area contributed by atoms with Gasteiger partial charge in [0, 0.05) is 78.7 Å². The molecule has 0 amide bonds. The molecule has 5 aromatic heterocycles. The van der Waals surface area contributed by atoms with Crippen LogP contribution >= 0.6 is 0 Å². The normalized spacial score (nSPS) is 11.5. The summed E-state index contributed by atoms with van der Waals surface area (Å²) in [6.07, 6.45) is 3.67. The summed E-state index contributed by atoms with van der Waals surface area (Å²) in [5.41, 5.74) is 18.0. The van der Waals surface area contributed by atoms with Gasteiger partial charge in [-0.15, -0.1) is 10.2 Å². The molecule has 0 aliphatic rings. The van der Waals surface area contributed by atoms with Gasteiger partial charge in [-0.1, -0.05) is 182 Å². The molecule has 15 rings (SSSR count). The van der Waals surface area contributed by atoms with Crippen molar-refractivity contribution in [2.45, 2.75) is 0 Å². The van der Waals surface area contributed by atoms with Crippen LogP contribution in [0, 0.1) is 0 Å². The quantitative estimate of drug-likeness (QED) is 0.134. The Morgan fingerprint density at radius 2 is 0.633 bits per heavy atom. The van der Waals surface area contributed by atoms with Gasteiger partial charge in [0.05, 0.1) is 33.5 Å². The van der Waals surface area contributed by atoms with Crippen molar-refractivity contribution in [2.75, 3.05) is 0 Å². The molecule has 9 heteroatoms. The van der Waals surface area contributed by atoms with E-state index in [1.165, 1.54) is 11.1 Å². The van der Waals surface area contributed by atoms with Gasteiger partial charge in [0.1, 0.15) is 0 Å². The molecule has 370 valence electrons. The molecule has 0 aliphatic heterocycles. The number of benzene rings is 10. The Kier molecular flexibility index (Phi) is 11.0. The van der Waals surface area contributed by atoms with Gasteiger partial charge >= 0.3 is 0 Å². The van der Waals surface area contributed by atoms with E-state index < -0.39 is 0 Å². The predicted octanol–water partition coefficient (Wildman–Crippen LogP) is 17.2. The summed E-state index contributed by atoms with van der Waals surface area (Å²) in [6, 6.07) is 88.3. The van der Waals surface area contributed by atoms with Crippen molar-refractivity contribution in [3.05, 3.63) is 267 Å². The van der Waals surface area contributed by atoms with Gasteiger partial charge < -0.3 is 13.6 Å². The first-order valence-corrected chi connectivity index (χ1v) is 26.2. The molecule has 79 heavy (non-hydrogen) atoms. The second-order valence-electron chi connectivity index (χ2n) is 19.6. The Bertz CT molecular complexity index is 4470. The van der Waals surface area contributed by atoms with Crippen molar-refractivity contribution in [2.24, 2.45) is 0 Å². The lowest BCUT2D eigenvalue weighted by molar-refractivity contribution is 0.584. The molecule has 5 heterocycles. The fourth-order valence-electron chi connectivity index (χ4n) is 11.0. The Morgan fingerprint density at radius 1 is 0.266 bits per heavy atom. The van der Waals surface area contributed by atoms with E-state index in [-0.39, 0.29) is 0 Å². The summed E-state index contributed by atoms with van der Waals surface area (Å²) in [7, 11) is 0. The predicted molar refractivity (Wildman–Crippen MR) is 318 cm³/mol. The number of para-hydroxylation sites is 2. The van der Waals surface area contributed by atoms with E-state index >= 15 is 0 Å². The van der Waals surface area contributed by atoms with E-state index in [0.29, 0.717) is 23.4 Å². The third kappa shape index (κ3) is 8.21. The van der Waals surface area contributed by atoms with Crippen molar-refractivity contribution >= 4 is 43.6 Å². The standard InChI is InChI=1S/C70H44N8O/c1-3-13-45(14-4-1)47-25-29-49(30-26-47)61-37-39-71-67(73-61)51-17-11-19-55(41-51)77-63-23-9-7-21-57(63)59-35-33-53(43-65(59)77)69-75-76-70(79-69)54-34-36-60-58-22-8-10-24-64(58)78(66(60)44-54)56-20-12-18-52(42-56)68-72-40-38-62(74-68)50-31-27-48(28-32-50)46-15-5-2-6-16-46/h1-44H. The summed E-state index contributed by atoms with van der Waals surface area (Å²) in [4.78, 5) is 19.7. The van der Waals surface area contributed by atoms with Crippen LogP contribution in [0.15, 0.2) is 272 Å². The molecule has 0 aliphatic carbocycles. The Hall–Kier alpha value is -10.9. The molecule has 0 saturated carbocycles. The molecular formula is C70H44N8O. The lowest BCUT2D eigenvalue weighted by Crippen LogP contribution is -1.96. The van der Waals surface area contributed by atoms with Crippen LogP contribution in [-0.4, -0.2) is 39.3 Å². The van der Waals surface area contributed by atoms with Gasteiger partial charge in [0.25, 0.3) is 0 Å². The van der Waals surface area contributed by atoms with Crippen LogP contribution < -0.4 is 0 Å². The largest absolute Gasteiger partial charge is 0.416 e. The first kappa shape index (κ1) is 45.5. The molecule has 15 aromatic rings. The van der Waals surface area contributed by atoms with Gasteiger partial charge in [-0.3, -0.25) is 0 Å². The highest BCUT2D eigenvalue weighted by Crippen LogP contribution is 2.39. The molecule has 10 aromatic carbocycles. The monoisotopic (exact) mass is 1010 g/mol. The van der Waals surface area contributed by atoms with Crippen LogP contribution in [0.5, 0.6) is 0 Å². The van der Waals surface area contributed by atoms with Gasteiger partial charge in [0.2, 0.25) is 11.8 Å². The molecule has 9 nitrogen and oxygen atoms in total. The van der Waals surface area contributed by atoms with Crippen molar-refractivity contribution in [3.8, 4) is 102 Å². The second-order valence-corrected chi connectivity index (χ2v) is 19.6. The summed E-state index contributed by atoms with van der Waals surface area (Å²) in [6.45, 7) is 0. The van der Waals surface area contributed by atoms with E-state index in [1.54, 1.807) is 0 Å². The third-order valence-electron chi connectivity index (χ3n) is 14.9. The zero-order chi connectivity index (χ0) is 52.2. The van der Waals surface area contributed by atoms with Gasteiger partial charge in [-0.2, -0.15) is 0 Å². The molecule has 0 saturated heterocycles. The van der Waals surface area contributed by atoms with E-state index in [9.17, 15) is 0 Å². The zero-order valence-electron chi connectivity index (χ0n) is 42.4. The van der Waals surface area contributed by atoms with Gasteiger partial charge in [0.15, 0.2) is 11.6 Å². The van der Waals surface area contributed by atoms with E-state index in [0.717, 1.165) is 111 Å². The molecule has 0 N–H and O–H groups in total. The molecule has 0 radical (unpaired) electrons. The zero-order valence-corrected chi connectivity index (χ0v) is 42.4. The first-order chi connectivity index (χ1) is 39.1. The van der Waals surface area contributed by atoms with E-state index in [4.69, 9.17) is 24.4 Å². The average Bonchev–Trinajstić information content (AvgIpc) is 4.41. The Balaban J connectivity index is 0.754. The van der Waals surface area contributed by atoms with Crippen molar-refractivity contribution in [1.29, 1.82) is 0 Å². The van der Waals surface area contributed by atoms with Crippen LogP contribution in [0.25, 0.3) is 145 Å². The van der Waals surface area contributed by atoms with Gasteiger partial charge in [-0.05, 0) is 95.1 Å². The molecule has 0 atom stereocenters. The van der Waals surface area contributed by atoms with Crippen LogP contribution in [0.1, 0.15) is 0 Å². The van der Waals surface area contributed by atoms with Crippen LogP contribution in [0.3, 0.4) is 0 Å². The minimum Gasteiger partial charge on any atom is -0.416 e. The summed E-state index contributed by atoms with van der Waals surface area (Å²) < 4.78 is 11.2. The number of hydrogen-bond acceptors (Lipinski definition) is 7. The van der Waals surface area contributed by atoms with Crippen LogP contribution in [0.2, 0.25) is 0 Å². The fraction of sp³-hybridized carbons (Fsp3) is 0. The maximum Gasteiger partial charge on any atom is 0.248 e. The van der Waals surface area contributed by atoms with Crippen molar-refractivity contribution in [1.82, 2.24) is 39.3 Å². The topological polar surface area (TPSA) is 100 Å². The average molecular weight is 1010 g/mol. The van der Waals surface area contributed by atoms with Gasteiger partial charge in [-0.25, -0.2) is 19.9 Å². The highest BCUT2D eigenvalue weighted by Gasteiger charge is 2.20. The molecule has 0 unspecified atom stereocenters. The number of nitrogens with zero attached hydrogens (tertiary/aromatic N) is 8. The number of fused-ring (bicyclic) bond motifs is 6. The van der Waals surface area contributed by atoms with E-state index in [1.807, 2.05) is 36.7 Å². The minimum atomic E-state index is 0.423. The SMILES string of the molecule is c1ccc(-c2ccc(-c3ccnc(-c4cccc(-n5c6ccccc6c6ccc(-c7nnc(-c8ccc9c%10ccccc%10n(-c%10cccc(-c%11nccc(-c%12ccc(-c%13ccccc%13)cc%12)n%11)c%10)c9c8)o7)cc65)c4)n3)cc2)cc1. The highest BCUT2D eigenvalue weighted by atomic mass is 16.4. The number of hydrogen-bond donors (Lipinski definition) is 0. The molecule has 0 spiro atoms. The lowest BCUT2D eigenvalue weighted by atomic mass is 10.0. The maximum absolute atomic E-state index is 6.63. The first-order valence-electron chi connectivity index (χ1n) is 26.2. The highest BCUT2D eigenvalue weighted by molar-refractivity contribution is 6.11. The summed E-state index contributed by atoms with van der Waals surface area (Å²) >= 11 is 0. The van der Waals surface area contributed by atoms with Crippen molar-refractivity contribution < 1.29 is 4.42 Å². The maximum atomic E-state index is 6.63. The Labute approximate surface area is 454 Å². The second kappa shape index (κ2) is 19.0. The molecule has 0 fully saturated rings. The smallest absolute Gasteiger partial charge is 0.248 e. The summed E-state index contributed by atoms with van der Waals surface area (Å²) in [5.74, 6) is 2.14. The Morgan fingerprint density at radius 3 is 1.09 bits per heavy atom. The lowest BCUT2D eigenvalue weighted by Gasteiger charge is -2.11. The molecule has 0 bridgehead atoms. The molecular weight excluding hydrogens is 969 g/mol. The number of rotatable bonds is 10. The van der Waals surface area contributed by atoms with Crippen molar-refractivity contribution in [3.63, 3.8) is 0 Å². The minimum absolute atomic E-state index is 0.423. The third-order valence-corrected chi connectivity index (χ3v) is 14.9.